The lowest BCUT2D eigenvalue weighted by molar-refractivity contribution is -0.432. The zero-order valence-electron chi connectivity index (χ0n) is 68.2. The summed E-state index contributed by atoms with van der Waals surface area (Å²) < 4.78 is 85.2. The molecular formula is C86H77N13O21S6. The Hall–Kier alpha value is -12.7. The normalized spacial score (nSPS) is 11.4. The van der Waals surface area contributed by atoms with Crippen LogP contribution in [-0.2, 0) is 62.9 Å². The second kappa shape index (κ2) is 40.1. The second-order valence-corrected chi connectivity index (χ2v) is 32.5. The molecule has 4 heterocycles. The van der Waals surface area contributed by atoms with Crippen LogP contribution in [0.25, 0.3) is 177 Å². The number of primary sulfonamides is 3. The highest BCUT2D eigenvalue weighted by molar-refractivity contribution is 7.95. The lowest BCUT2D eigenvalue weighted by Gasteiger charge is -2.07. The van der Waals surface area contributed by atoms with E-state index in [1.807, 2.05) is 97.9 Å². The number of carboxylic acid groups (broad SMARTS) is 4. The Morgan fingerprint density at radius 2 is 0.587 bits per heavy atom. The fraction of sp³-hybridized carbons (Fsp3) is 0.116. The molecule has 16 aromatic rings. The Morgan fingerprint density at radius 3 is 0.881 bits per heavy atom. The summed E-state index contributed by atoms with van der Waals surface area (Å²) in [5.74, 6) is 5.27. The van der Waals surface area contributed by atoms with Crippen LogP contribution in [0.4, 0.5) is 0 Å². The van der Waals surface area contributed by atoms with Crippen LogP contribution in [0.3, 0.4) is 0 Å². The summed E-state index contributed by atoms with van der Waals surface area (Å²) in [7, 11) is -11.9. The third-order valence-corrected chi connectivity index (χ3v) is 22.6. The molecule has 40 heteroatoms. The van der Waals surface area contributed by atoms with Crippen LogP contribution in [0.1, 0.15) is 93.4 Å². The molecule has 0 amide bonds. The zero-order chi connectivity index (χ0) is 91.6. The van der Waals surface area contributed by atoms with E-state index >= 15 is 0 Å². The number of carboxylic acids is 4. The number of hydrogen-bond donors (Lipinski definition) is 10. The highest BCUT2D eigenvalue weighted by atomic mass is 32.2. The Balaban J connectivity index is 0.000000155. The molecule has 0 aliphatic heterocycles. The first-order chi connectivity index (χ1) is 60.4. The molecule has 4 aromatic heterocycles. The molecule has 0 unspecified atom stereocenters. The largest absolute Gasteiger partial charge is 0.481 e. The van der Waals surface area contributed by atoms with Crippen LogP contribution >= 0.6 is 36.1 Å². The lowest BCUT2D eigenvalue weighted by atomic mass is 10.0. The average Bonchev–Trinajstić information content (AvgIpc) is 1.58. The van der Waals surface area contributed by atoms with E-state index in [9.17, 15) is 55.0 Å². The van der Waals surface area contributed by atoms with Crippen LogP contribution in [0.5, 0.6) is 0 Å². The number of nitrogens with zero attached hydrogens (tertiary/aromatic N) is 8. The Labute approximate surface area is 731 Å². The molecule has 34 nitrogen and oxygen atoms in total. The van der Waals surface area contributed by atoms with Crippen LogP contribution in [0.2, 0.25) is 0 Å². The SMILES string of the molecule is CC.CC.CC.CC.CC(=O)O.CSOON.NOOSc1cc2c3c(cc(S(N)(=O)=O)cc3c1)-c1nc3ccc(C(=O)O)cc3nc1-2.NS(=O)(=O)c1cc2c3c(cc(SOOO)cc3c1)-c1nc3cc(C(=O)O)ccc3nc1-2.NS(=O)(=O)c1cc2c3c(cccc3c1)-c1nc3cc(C(=O)O)ccc3nc1-2.c1cc2c3c(cccc3c1)-c1nc3ccccc3nc1-2. The summed E-state index contributed by atoms with van der Waals surface area (Å²) in [6.45, 7) is 17.1. The van der Waals surface area contributed by atoms with Crippen molar-refractivity contribution >= 4 is 177 Å². The summed E-state index contributed by atoms with van der Waals surface area (Å²) >= 11 is 2.59. The predicted molar refractivity (Wildman–Crippen MR) is 482 cm³/mol. The minimum atomic E-state index is -4.01. The molecule has 4 aliphatic rings. The van der Waals surface area contributed by atoms with Crippen molar-refractivity contribution in [2.24, 2.45) is 27.2 Å². The smallest absolute Gasteiger partial charge is 0.335 e. The number of hydrogen-bond acceptors (Lipinski definition) is 30. The summed E-state index contributed by atoms with van der Waals surface area (Å²) in [5, 5.41) is 70.0. The van der Waals surface area contributed by atoms with Gasteiger partial charge in [-0.15, -0.1) is 23.0 Å². The van der Waals surface area contributed by atoms with Crippen molar-refractivity contribution < 1.29 is 98.1 Å². The Bertz CT molecular complexity index is 7100. The molecular weight excluding hydrogens is 1740 g/mol. The van der Waals surface area contributed by atoms with Crippen LogP contribution in [0, 0.1) is 0 Å². The van der Waals surface area contributed by atoms with Crippen molar-refractivity contribution in [3.05, 3.63) is 211 Å². The predicted octanol–water partition coefficient (Wildman–Crippen LogP) is 17.3. The van der Waals surface area contributed by atoms with Gasteiger partial charge in [0, 0.05) is 101 Å². The summed E-state index contributed by atoms with van der Waals surface area (Å²) in [6.07, 6.45) is 1.70. The van der Waals surface area contributed by atoms with Gasteiger partial charge >= 0.3 is 17.9 Å². The van der Waals surface area contributed by atoms with Gasteiger partial charge < -0.3 is 20.4 Å². The van der Waals surface area contributed by atoms with Gasteiger partial charge in [0.05, 0.1) is 145 Å². The van der Waals surface area contributed by atoms with E-state index < -0.39 is 53.9 Å². The van der Waals surface area contributed by atoms with Gasteiger partial charge in [-0.2, -0.15) is 11.8 Å². The minimum absolute atomic E-state index is 0.0122. The number of rotatable bonds is 14. The summed E-state index contributed by atoms with van der Waals surface area (Å²) in [4.78, 5) is 89.0. The van der Waals surface area contributed by atoms with Gasteiger partial charge in [-0.3, -0.25) is 4.79 Å². The number of nitrogens with two attached hydrogens (primary N) is 5. The van der Waals surface area contributed by atoms with Crippen molar-refractivity contribution in [3.63, 3.8) is 0 Å². The van der Waals surface area contributed by atoms with E-state index in [4.69, 9.17) is 50.8 Å². The van der Waals surface area contributed by atoms with Crippen molar-refractivity contribution in [3.8, 4) is 90.1 Å². The fourth-order valence-electron chi connectivity index (χ4n) is 14.0. The highest BCUT2D eigenvalue weighted by Gasteiger charge is 2.33. The van der Waals surface area contributed by atoms with Gasteiger partial charge in [0.1, 0.15) is 0 Å². The fourth-order valence-corrected chi connectivity index (χ4v) is 16.7. The molecule has 126 heavy (non-hydrogen) atoms. The van der Waals surface area contributed by atoms with E-state index in [1.54, 1.807) is 48.7 Å². The molecule has 15 N–H and O–H groups in total. The van der Waals surface area contributed by atoms with E-state index in [-0.39, 0.29) is 31.4 Å². The van der Waals surface area contributed by atoms with Gasteiger partial charge in [-0.1, -0.05) is 127 Å². The summed E-state index contributed by atoms with van der Waals surface area (Å²) in [5.41, 5.74) is 16.2. The number of aliphatic carboxylic acids is 1. The monoisotopic (exact) mass is 1820 g/mol. The number of aromatic carboxylic acids is 3. The average molecular weight is 1820 g/mol. The Kier molecular flexibility index (Phi) is 29.9. The van der Waals surface area contributed by atoms with Gasteiger partial charge in [0.2, 0.25) is 30.1 Å². The van der Waals surface area contributed by atoms with Crippen molar-refractivity contribution in [1.29, 1.82) is 0 Å². The van der Waals surface area contributed by atoms with Gasteiger partial charge in [-0.05, 0) is 149 Å². The molecule has 0 atom stereocenters. The van der Waals surface area contributed by atoms with Gasteiger partial charge in [0.15, 0.2) is 0 Å². The first kappa shape index (κ1) is 94.0. The van der Waals surface area contributed by atoms with E-state index in [0.717, 1.165) is 75.2 Å². The maximum absolute atomic E-state index is 12.1. The zero-order valence-corrected chi connectivity index (χ0v) is 73.1. The molecule has 648 valence electrons. The maximum atomic E-state index is 12.1. The van der Waals surface area contributed by atoms with Crippen LogP contribution in [-0.4, -0.2) is 121 Å². The molecule has 0 fully saturated rings. The van der Waals surface area contributed by atoms with E-state index in [2.05, 4.69) is 95.9 Å². The number of sulfonamides is 3. The molecule has 0 saturated carbocycles. The number of para-hydroxylation sites is 2. The standard InChI is InChI=1S/C19H12N4O6S2.C19H11N3O7S2.C19H11N3O4S.C18H10N2.C2H4O2.4C2H6.CH5NO2S/c20-28-29-30-10-3-9-4-11(31(21,26)27)7-13-16(9)12(6-10)17-18(13)22-14-2-1-8(19(24)25)5-15(14)23-17;20-31(26,27)11-4-9-3-10(30-29-28-25)6-12-16(9)13(7-11)18-17(12)22-15-5-8(19(23)24)1-2-14(15)21-18;20-27(25,26)11-6-9-2-1-3-12-16(9)13(8-11)18-17(12)22-15-7-10(19(23)24)4-5-14(15)21-18;1-2-10-15-14(9-1)19-17-12-7-3-5-11-6-4-8-13(16(11)12)18(17)20-15;1-2(3)4;4*1-2;1-5-4-3-2/h1-7H,20H2,(H,24,25)(H2,21,26,27);1-7,25H,(H,23,24)(H2,20,26,27);1-8H,(H,23,24)(H2,20,25,26);1-10H;1H3,(H,3,4);4*1-2H3;2H2,1H3. The van der Waals surface area contributed by atoms with E-state index in [1.165, 1.54) is 94.7 Å². The van der Waals surface area contributed by atoms with Gasteiger partial charge in [0.25, 0.3) is 5.97 Å². The van der Waals surface area contributed by atoms with Gasteiger partial charge in [-0.25, -0.2) is 100 Å². The topological polar surface area (TPSA) is 560 Å². The first-order valence-electron chi connectivity index (χ1n) is 37.9. The number of carbonyl (C=O) groups is 4. The summed E-state index contributed by atoms with van der Waals surface area (Å²) in [6, 6.07) is 55.3. The van der Waals surface area contributed by atoms with Crippen molar-refractivity contribution in [1.82, 2.24) is 39.9 Å². The quantitative estimate of drug-likeness (QED) is 0.0275. The number of benzene rings is 12. The molecule has 0 spiro atoms. The third kappa shape index (κ3) is 19.5. The number of fused-ring (bicyclic) bond motifs is 16. The lowest BCUT2D eigenvalue weighted by Crippen LogP contribution is -2.12. The molecule has 20 rings (SSSR count). The molecule has 0 saturated heterocycles. The highest BCUT2D eigenvalue weighted by Crippen LogP contribution is 2.52. The third-order valence-electron chi connectivity index (χ3n) is 18.6. The Morgan fingerprint density at radius 1 is 0.317 bits per heavy atom. The number of aromatic nitrogens is 8. The van der Waals surface area contributed by atoms with Crippen LogP contribution in [0.15, 0.2) is 219 Å². The second-order valence-electron chi connectivity index (χ2n) is 25.8. The molecule has 12 aromatic carbocycles. The maximum Gasteiger partial charge on any atom is 0.335 e. The van der Waals surface area contributed by atoms with Crippen molar-refractivity contribution in [2.75, 3.05) is 6.26 Å². The van der Waals surface area contributed by atoms with E-state index in [0.29, 0.717) is 133 Å². The van der Waals surface area contributed by atoms with Crippen molar-refractivity contribution in [2.45, 2.75) is 86.8 Å². The molecule has 4 aliphatic carbocycles. The first-order valence-corrected chi connectivity index (χ1v) is 45.1. The minimum Gasteiger partial charge on any atom is -0.481 e. The molecule has 0 bridgehead atoms. The molecule has 0 radical (unpaired) electrons. The van der Waals surface area contributed by atoms with Crippen LogP contribution < -0.4 is 27.2 Å².